The molecule has 0 radical (unpaired) electrons. The van der Waals surface area contributed by atoms with Crippen LogP contribution in [0.15, 0.2) is 103 Å². The Morgan fingerprint density at radius 1 is 0.613 bits per heavy atom. The number of carbonyl (C=O) groups is 1. The van der Waals surface area contributed by atoms with E-state index in [-0.39, 0.29) is 5.56 Å². The van der Waals surface area contributed by atoms with Crippen molar-refractivity contribution in [3.63, 3.8) is 0 Å². The Labute approximate surface area is 179 Å². The SMILES string of the molecule is O=C([O-])c1ccc(-c2cc(-c3ccc4ccccc4c3)nc(-c3ccccn3)c2)cc1. The zero-order valence-electron chi connectivity index (χ0n) is 16.5. The Hall–Kier alpha value is -4.31. The van der Waals surface area contributed by atoms with Crippen molar-refractivity contribution in [3.8, 4) is 33.8 Å². The summed E-state index contributed by atoms with van der Waals surface area (Å²) in [5, 5.41) is 13.4. The van der Waals surface area contributed by atoms with Gasteiger partial charge < -0.3 is 9.90 Å². The number of nitrogens with zero attached hydrogens (tertiary/aromatic N) is 2. The van der Waals surface area contributed by atoms with E-state index in [9.17, 15) is 9.90 Å². The van der Waals surface area contributed by atoms with E-state index in [0.717, 1.165) is 39.2 Å². The number of hydrogen-bond donors (Lipinski definition) is 0. The highest BCUT2D eigenvalue weighted by atomic mass is 16.4. The molecule has 0 aliphatic rings. The van der Waals surface area contributed by atoms with E-state index in [2.05, 4.69) is 35.3 Å². The lowest BCUT2D eigenvalue weighted by atomic mass is 9.99. The number of carbonyl (C=O) groups excluding carboxylic acids is 1. The Balaban J connectivity index is 1.68. The molecular formula is C27H17N2O2-. The topological polar surface area (TPSA) is 65.9 Å². The zero-order chi connectivity index (χ0) is 21.2. The number of carboxylic acids is 1. The Morgan fingerprint density at radius 3 is 2.06 bits per heavy atom. The molecule has 0 N–H and O–H groups in total. The maximum absolute atomic E-state index is 11.1. The number of rotatable bonds is 4. The second-order valence-corrected chi connectivity index (χ2v) is 7.27. The molecule has 0 bridgehead atoms. The molecule has 2 aromatic heterocycles. The molecule has 5 rings (SSSR count). The molecule has 0 fully saturated rings. The predicted molar refractivity (Wildman–Crippen MR) is 120 cm³/mol. The molecule has 0 spiro atoms. The van der Waals surface area contributed by atoms with Gasteiger partial charge in [0.05, 0.1) is 23.1 Å². The molecule has 4 nitrogen and oxygen atoms in total. The maximum Gasteiger partial charge on any atom is 0.0899 e. The van der Waals surface area contributed by atoms with E-state index < -0.39 is 5.97 Å². The number of carboxylic acid groups (broad SMARTS) is 1. The first-order valence-corrected chi connectivity index (χ1v) is 9.92. The minimum atomic E-state index is -1.19. The molecule has 5 aromatic rings. The van der Waals surface area contributed by atoms with Crippen molar-refractivity contribution in [2.75, 3.05) is 0 Å². The third-order valence-electron chi connectivity index (χ3n) is 5.25. The summed E-state index contributed by atoms with van der Waals surface area (Å²) in [6.07, 6.45) is 1.74. The average Bonchev–Trinajstić information content (AvgIpc) is 2.84. The van der Waals surface area contributed by atoms with E-state index in [1.165, 1.54) is 5.39 Å². The van der Waals surface area contributed by atoms with Gasteiger partial charge in [0.2, 0.25) is 0 Å². The minimum Gasteiger partial charge on any atom is -0.545 e. The van der Waals surface area contributed by atoms with Crippen LogP contribution in [0.25, 0.3) is 44.5 Å². The van der Waals surface area contributed by atoms with Crippen LogP contribution in [0.5, 0.6) is 0 Å². The second-order valence-electron chi connectivity index (χ2n) is 7.27. The molecule has 0 amide bonds. The van der Waals surface area contributed by atoms with Gasteiger partial charge in [-0.05, 0) is 57.8 Å². The predicted octanol–water partition coefficient (Wildman–Crippen LogP) is 4.99. The van der Waals surface area contributed by atoms with Gasteiger partial charge in [-0.15, -0.1) is 0 Å². The van der Waals surface area contributed by atoms with Gasteiger partial charge >= 0.3 is 0 Å². The summed E-state index contributed by atoms with van der Waals surface area (Å²) >= 11 is 0. The fourth-order valence-electron chi connectivity index (χ4n) is 3.64. The Kier molecular flexibility index (Phi) is 4.73. The molecule has 0 atom stereocenters. The maximum atomic E-state index is 11.1. The minimum absolute atomic E-state index is 0.150. The van der Waals surface area contributed by atoms with Crippen LogP contribution in [0.2, 0.25) is 0 Å². The number of pyridine rings is 2. The van der Waals surface area contributed by atoms with Crippen molar-refractivity contribution in [2.45, 2.75) is 0 Å². The molecule has 0 saturated carbocycles. The number of benzene rings is 3. The number of fused-ring (bicyclic) bond motifs is 1. The summed E-state index contributed by atoms with van der Waals surface area (Å²) in [6.45, 7) is 0. The van der Waals surface area contributed by atoms with Gasteiger partial charge in [-0.3, -0.25) is 4.98 Å². The number of hydrogen-bond acceptors (Lipinski definition) is 4. The first kappa shape index (κ1) is 18.7. The molecule has 3 aromatic carbocycles. The van der Waals surface area contributed by atoms with Crippen molar-refractivity contribution >= 4 is 16.7 Å². The lowest BCUT2D eigenvalue weighted by Gasteiger charge is -2.11. The molecule has 31 heavy (non-hydrogen) atoms. The summed E-state index contributed by atoms with van der Waals surface area (Å²) in [5.74, 6) is -1.19. The molecule has 148 valence electrons. The monoisotopic (exact) mass is 401 g/mol. The van der Waals surface area contributed by atoms with E-state index in [4.69, 9.17) is 4.98 Å². The van der Waals surface area contributed by atoms with Gasteiger partial charge in [-0.25, -0.2) is 4.98 Å². The number of aromatic carboxylic acids is 1. The van der Waals surface area contributed by atoms with Gasteiger partial charge in [0.15, 0.2) is 0 Å². The summed E-state index contributed by atoms with van der Waals surface area (Å²) < 4.78 is 0. The van der Waals surface area contributed by atoms with Crippen LogP contribution in [0.3, 0.4) is 0 Å². The zero-order valence-corrected chi connectivity index (χ0v) is 16.5. The first-order chi connectivity index (χ1) is 15.2. The molecule has 4 heteroatoms. The normalized spacial score (nSPS) is 10.8. The van der Waals surface area contributed by atoms with Crippen molar-refractivity contribution in [1.82, 2.24) is 9.97 Å². The molecule has 0 saturated heterocycles. The van der Waals surface area contributed by atoms with Gasteiger partial charge in [0.25, 0.3) is 0 Å². The summed E-state index contributed by atoms with van der Waals surface area (Å²) in [4.78, 5) is 20.4. The summed E-state index contributed by atoms with van der Waals surface area (Å²) in [6, 6.07) is 30.9. The summed E-state index contributed by atoms with van der Waals surface area (Å²) in [5.41, 5.74) is 5.34. The van der Waals surface area contributed by atoms with Crippen molar-refractivity contribution in [3.05, 3.63) is 109 Å². The van der Waals surface area contributed by atoms with E-state index in [1.807, 2.05) is 42.5 Å². The third-order valence-corrected chi connectivity index (χ3v) is 5.25. The van der Waals surface area contributed by atoms with Crippen LogP contribution in [-0.2, 0) is 0 Å². The fraction of sp³-hybridized carbons (Fsp3) is 0. The van der Waals surface area contributed by atoms with Crippen molar-refractivity contribution in [1.29, 1.82) is 0 Å². The molecule has 0 aliphatic carbocycles. The van der Waals surface area contributed by atoms with Gasteiger partial charge in [0.1, 0.15) is 0 Å². The van der Waals surface area contributed by atoms with Crippen LogP contribution in [0.1, 0.15) is 10.4 Å². The highest BCUT2D eigenvalue weighted by Crippen LogP contribution is 2.31. The van der Waals surface area contributed by atoms with Crippen LogP contribution in [0.4, 0.5) is 0 Å². The first-order valence-electron chi connectivity index (χ1n) is 9.92. The van der Waals surface area contributed by atoms with Crippen LogP contribution >= 0.6 is 0 Å². The van der Waals surface area contributed by atoms with Gasteiger partial charge in [-0.2, -0.15) is 0 Å². The quantitative estimate of drug-likeness (QED) is 0.425. The van der Waals surface area contributed by atoms with E-state index in [0.29, 0.717) is 0 Å². The standard InChI is InChI=1S/C27H18N2O2/c30-27(31)20-11-8-19(9-12-20)23-16-25(29-26(17-23)24-7-3-4-14-28-24)22-13-10-18-5-1-2-6-21(18)15-22/h1-17H,(H,30,31)/p-1. The molecule has 0 aliphatic heterocycles. The van der Waals surface area contributed by atoms with Crippen molar-refractivity contribution in [2.24, 2.45) is 0 Å². The molecule has 0 unspecified atom stereocenters. The average molecular weight is 401 g/mol. The molecule has 2 heterocycles. The number of aromatic nitrogens is 2. The van der Waals surface area contributed by atoms with E-state index >= 15 is 0 Å². The Morgan fingerprint density at radius 2 is 1.32 bits per heavy atom. The fourth-order valence-corrected chi connectivity index (χ4v) is 3.64. The van der Waals surface area contributed by atoms with Gasteiger partial charge in [-0.1, -0.05) is 66.7 Å². The largest absolute Gasteiger partial charge is 0.545 e. The molecular weight excluding hydrogens is 384 g/mol. The van der Waals surface area contributed by atoms with Crippen molar-refractivity contribution < 1.29 is 9.90 Å². The Bertz CT molecular complexity index is 1390. The van der Waals surface area contributed by atoms with Crippen LogP contribution in [-0.4, -0.2) is 15.9 Å². The van der Waals surface area contributed by atoms with E-state index in [1.54, 1.807) is 30.5 Å². The highest BCUT2D eigenvalue weighted by molar-refractivity contribution is 5.89. The second kappa shape index (κ2) is 7.84. The third kappa shape index (κ3) is 3.79. The lowest BCUT2D eigenvalue weighted by molar-refractivity contribution is -0.255. The smallest absolute Gasteiger partial charge is 0.0899 e. The van der Waals surface area contributed by atoms with Gasteiger partial charge in [0, 0.05) is 11.8 Å². The highest BCUT2D eigenvalue weighted by Gasteiger charge is 2.10. The van der Waals surface area contributed by atoms with Crippen LogP contribution in [0, 0.1) is 0 Å². The summed E-state index contributed by atoms with van der Waals surface area (Å²) in [7, 11) is 0. The van der Waals surface area contributed by atoms with Crippen LogP contribution < -0.4 is 5.11 Å². The lowest BCUT2D eigenvalue weighted by Crippen LogP contribution is -2.21.